The van der Waals surface area contributed by atoms with Gasteiger partial charge in [-0.05, 0) is 77.9 Å². The molecule has 2 rings (SSSR count). The van der Waals surface area contributed by atoms with Crippen molar-refractivity contribution in [3.63, 3.8) is 0 Å². The smallest absolute Gasteiger partial charge is 0.414 e. The number of benzene rings is 2. The van der Waals surface area contributed by atoms with Crippen LogP contribution in [0.5, 0.6) is 11.5 Å². The highest BCUT2D eigenvalue weighted by Gasteiger charge is 2.04. The zero-order valence-electron chi connectivity index (χ0n) is 15.6. The molecule has 0 aromatic heterocycles. The topological polar surface area (TPSA) is 105 Å². The van der Waals surface area contributed by atoms with Crippen molar-refractivity contribution in [2.45, 2.75) is 12.8 Å². The summed E-state index contributed by atoms with van der Waals surface area (Å²) in [6, 6.07) is 16.2. The van der Waals surface area contributed by atoms with Gasteiger partial charge in [-0.25, -0.2) is 9.59 Å². The van der Waals surface area contributed by atoms with Crippen LogP contribution in [0, 0.1) is 3.57 Å². The zero-order chi connectivity index (χ0) is 20.8. The number of ether oxygens (including phenoxy) is 2. The molecule has 0 saturated carbocycles. The number of carboxylic acids is 2. The molecule has 0 aliphatic carbocycles. The minimum absolute atomic E-state index is 0.695. The summed E-state index contributed by atoms with van der Waals surface area (Å²) in [5, 5.41) is 18.2. The SMILES string of the molecule is COc1ccc(I)c(CCCNCCOc2ccccc2)c1.O=C(O)C(=O)O. The molecule has 8 heteroatoms. The summed E-state index contributed by atoms with van der Waals surface area (Å²) in [4.78, 5) is 18.2. The number of methoxy groups -OCH3 is 1. The molecule has 0 fully saturated rings. The Morgan fingerprint density at radius 3 is 2.29 bits per heavy atom. The third-order valence-electron chi connectivity index (χ3n) is 3.53. The molecular formula is C20H24INO6. The summed E-state index contributed by atoms with van der Waals surface area (Å²) in [5.74, 6) is -1.79. The van der Waals surface area contributed by atoms with E-state index in [9.17, 15) is 0 Å². The average Bonchev–Trinajstić information content (AvgIpc) is 2.69. The van der Waals surface area contributed by atoms with Crippen LogP contribution < -0.4 is 14.8 Å². The van der Waals surface area contributed by atoms with Gasteiger partial charge >= 0.3 is 11.9 Å². The predicted octanol–water partition coefficient (Wildman–Crippen LogP) is 3.06. The van der Waals surface area contributed by atoms with E-state index in [1.807, 2.05) is 36.4 Å². The van der Waals surface area contributed by atoms with E-state index in [1.54, 1.807) is 7.11 Å². The summed E-state index contributed by atoms with van der Waals surface area (Å²) >= 11 is 2.38. The zero-order valence-corrected chi connectivity index (χ0v) is 17.7. The first-order valence-electron chi connectivity index (χ1n) is 8.61. The van der Waals surface area contributed by atoms with Crippen LogP contribution >= 0.6 is 22.6 Å². The van der Waals surface area contributed by atoms with Crippen LogP contribution in [0.4, 0.5) is 0 Å². The molecule has 0 unspecified atom stereocenters. The minimum atomic E-state index is -1.82. The third kappa shape index (κ3) is 10.1. The largest absolute Gasteiger partial charge is 0.497 e. The lowest BCUT2D eigenvalue weighted by molar-refractivity contribution is -0.159. The molecule has 2 aromatic rings. The van der Waals surface area contributed by atoms with Crippen LogP contribution in [0.25, 0.3) is 0 Å². The summed E-state index contributed by atoms with van der Waals surface area (Å²) in [7, 11) is 1.71. The number of nitrogens with one attached hydrogen (secondary N) is 1. The van der Waals surface area contributed by atoms with Gasteiger partial charge < -0.3 is 25.0 Å². The number of para-hydroxylation sites is 1. The molecule has 3 N–H and O–H groups in total. The Morgan fingerprint density at radius 2 is 1.68 bits per heavy atom. The molecule has 0 amide bonds. The second-order valence-electron chi connectivity index (χ2n) is 5.58. The van der Waals surface area contributed by atoms with Crippen molar-refractivity contribution in [1.82, 2.24) is 5.32 Å². The lowest BCUT2D eigenvalue weighted by atomic mass is 10.1. The molecule has 0 heterocycles. The fraction of sp³-hybridized carbons (Fsp3) is 0.300. The Hall–Kier alpha value is -2.33. The van der Waals surface area contributed by atoms with Gasteiger partial charge in [0.25, 0.3) is 0 Å². The van der Waals surface area contributed by atoms with E-state index in [2.05, 4.69) is 40.0 Å². The maximum absolute atomic E-state index is 9.10. The number of aliphatic carboxylic acids is 2. The van der Waals surface area contributed by atoms with Crippen LogP contribution in [0.3, 0.4) is 0 Å². The van der Waals surface area contributed by atoms with Crippen LogP contribution in [0.2, 0.25) is 0 Å². The maximum atomic E-state index is 9.10. The maximum Gasteiger partial charge on any atom is 0.414 e. The molecular weight excluding hydrogens is 477 g/mol. The van der Waals surface area contributed by atoms with Gasteiger partial charge in [-0.2, -0.15) is 0 Å². The first-order chi connectivity index (χ1) is 13.4. The van der Waals surface area contributed by atoms with Crippen molar-refractivity contribution in [2.75, 3.05) is 26.8 Å². The number of hydrogen-bond donors (Lipinski definition) is 3. The van der Waals surface area contributed by atoms with E-state index in [0.29, 0.717) is 6.61 Å². The Balaban J connectivity index is 0.000000568. The first-order valence-corrected chi connectivity index (χ1v) is 9.69. The normalized spacial score (nSPS) is 9.79. The van der Waals surface area contributed by atoms with Gasteiger partial charge in [0.15, 0.2) is 0 Å². The van der Waals surface area contributed by atoms with Gasteiger partial charge in [-0.3, -0.25) is 0 Å². The molecule has 0 saturated heterocycles. The summed E-state index contributed by atoms with van der Waals surface area (Å²) in [6.45, 7) is 2.55. The molecule has 28 heavy (non-hydrogen) atoms. The Kier molecular flexibility index (Phi) is 11.7. The van der Waals surface area contributed by atoms with Gasteiger partial charge in [0.1, 0.15) is 18.1 Å². The van der Waals surface area contributed by atoms with Gasteiger partial charge in [-0.15, -0.1) is 0 Å². The summed E-state index contributed by atoms with van der Waals surface area (Å²) in [5.41, 5.74) is 1.35. The number of halogens is 1. The molecule has 2 aromatic carbocycles. The Labute approximate surface area is 177 Å². The number of hydrogen-bond acceptors (Lipinski definition) is 5. The first kappa shape index (κ1) is 23.7. The second-order valence-corrected chi connectivity index (χ2v) is 6.74. The van der Waals surface area contributed by atoms with Crippen molar-refractivity contribution >= 4 is 34.5 Å². The van der Waals surface area contributed by atoms with Crippen LogP contribution in [-0.2, 0) is 16.0 Å². The summed E-state index contributed by atoms with van der Waals surface area (Å²) in [6.07, 6.45) is 2.16. The lowest BCUT2D eigenvalue weighted by Crippen LogP contribution is -2.22. The number of rotatable bonds is 9. The van der Waals surface area contributed by atoms with E-state index >= 15 is 0 Å². The number of carboxylic acid groups (broad SMARTS) is 2. The van der Waals surface area contributed by atoms with E-state index in [0.717, 1.165) is 37.4 Å². The van der Waals surface area contributed by atoms with E-state index < -0.39 is 11.9 Å². The fourth-order valence-corrected chi connectivity index (χ4v) is 2.76. The highest BCUT2D eigenvalue weighted by atomic mass is 127. The van der Waals surface area contributed by atoms with E-state index in [4.69, 9.17) is 29.3 Å². The minimum Gasteiger partial charge on any atom is -0.497 e. The van der Waals surface area contributed by atoms with Gasteiger partial charge in [-0.1, -0.05) is 18.2 Å². The highest BCUT2D eigenvalue weighted by molar-refractivity contribution is 14.1. The summed E-state index contributed by atoms with van der Waals surface area (Å²) < 4.78 is 12.2. The third-order valence-corrected chi connectivity index (χ3v) is 4.58. The fourth-order valence-electron chi connectivity index (χ4n) is 2.16. The van der Waals surface area contributed by atoms with Crippen molar-refractivity contribution in [3.8, 4) is 11.5 Å². The Morgan fingerprint density at radius 1 is 1.00 bits per heavy atom. The number of carbonyl (C=O) groups is 2. The van der Waals surface area contributed by atoms with E-state index in [1.165, 1.54) is 9.13 Å². The molecule has 0 atom stereocenters. The van der Waals surface area contributed by atoms with Crippen LogP contribution in [0.15, 0.2) is 48.5 Å². The quantitative estimate of drug-likeness (QED) is 0.276. The molecule has 7 nitrogen and oxygen atoms in total. The van der Waals surface area contributed by atoms with Crippen LogP contribution in [0.1, 0.15) is 12.0 Å². The van der Waals surface area contributed by atoms with Crippen LogP contribution in [-0.4, -0.2) is 49.0 Å². The highest BCUT2D eigenvalue weighted by Crippen LogP contribution is 2.20. The predicted molar refractivity (Wildman–Crippen MR) is 114 cm³/mol. The average molecular weight is 501 g/mol. The molecule has 0 bridgehead atoms. The second kappa shape index (κ2) is 13.8. The van der Waals surface area contributed by atoms with Crippen molar-refractivity contribution < 1.29 is 29.3 Å². The van der Waals surface area contributed by atoms with Crippen molar-refractivity contribution in [1.29, 1.82) is 0 Å². The van der Waals surface area contributed by atoms with Gasteiger partial charge in [0.2, 0.25) is 0 Å². The lowest BCUT2D eigenvalue weighted by Gasteiger charge is -2.09. The number of aryl methyl sites for hydroxylation is 1. The van der Waals surface area contributed by atoms with Crippen molar-refractivity contribution in [3.05, 3.63) is 57.7 Å². The molecule has 152 valence electrons. The Bertz CT molecular complexity index is 727. The standard InChI is InChI=1S/C18H22INO2.C2H2O4/c1-21-17-9-10-18(19)15(14-17)6-5-11-20-12-13-22-16-7-3-2-4-8-16;3-1(4)2(5)6/h2-4,7-10,14,20H,5-6,11-13H2,1H3;(H,3,4)(H,5,6). The molecule has 0 aliphatic rings. The molecule has 0 spiro atoms. The van der Waals surface area contributed by atoms with E-state index in [-0.39, 0.29) is 0 Å². The van der Waals surface area contributed by atoms with Gasteiger partial charge in [0, 0.05) is 10.1 Å². The van der Waals surface area contributed by atoms with Gasteiger partial charge in [0.05, 0.1) is 7.11 Å². The molecule has 0 aliphatic heterocycles. The molecule has 0 radical (unpaired) electrons. The monoisotopic (exact) mass is 501 g/mol. The van der Waals surface area contributed by atoms with Crippen molar-refractivity contribution in [2.24, 2.45) is 0 Å².